The van der Waals surface area contributed by atoms with Gasteiger partial charge in [0, 0.05) is 123 Å². The molecule has 122 heavy (non-hydrogen) atoms. The first-order valence-corrected chi connectivity index (χ1v) is 46.1. The maximum atomic E-state index is 14.2. The summed E-state index contributed by atoms with van der Waals surface area (Å²) in [5.74, 6) is -3.54. The van der Waals surface area contributed by atoms with Crippen molar-refractivity contribution in [1.29, 1.82) is 0 Å². The second-order valence-corrected chi connectivity index (χ2v) is 38.5. The summed E-state index contributed by atoms with van der Waals surface area (Å²) < 4.78 is 50.1. The van der Waals surface area contributed by atoms with Gasteiger partial charge in [-0.25, -0.2) is 14.6 Å². The quantitative estimate of drug-likeness (QED) is 0.0135. The van der Waals surface area contributed by atoms with E-state index in [-0.39, 0.29) is 183 Å². The SMILES string of the molecule is CO[C@@H]1C[C@@H](C[C@H]2CC[C@H](C)C([C@@H](C)C(=O)NCCSSC[C@@H](C)NC(=O)C(CCCNC(=O)CCC(=O)N3Cc4ccccc4-c4c(nnn4C)-c4ccccc43)NC(=O)CC[C@@H](C)NC(=O)c3ccc(NCc4cnc5nc(N)[nH]c(=O)c5n4)cc3)O2)O[C@]2(O[C@@](C)(C3CC[C@@](C)([C@@H]4O[C@@H]([C@@H]5O[C@@](O)(CO)[C@H](C)C[C@@H]5C)C[C@@H]4C)O3)C[C@H]2C)[C@@H]1C. The predicted molar refractivity (Wildman–Crippen MR) is 465 cm³/mol. The van der Waals surface area contributed by atoms with Crippen LogP contribution in [0.25, 0.3) is 33.7 Å². The van der Waals surface area contributed by atoms with Gasteiger partial charge in [0.2, 0.25) is 35.5 Å². The van der Waals surface area contributed by atoms with Gasteiger partial charge >= 0.3 is 0 Å². The Morgan fingerprint density at radius 2 is 1.52 bits per heavy atom. The number of aromatic nitrogens is 7. The highest BCUT2D eigenvalue weighted by Crippen LogP contribution is 2.57. The minimum Gasteiger partial charge on any atom is -0.391 e. The molecular formula is C89H125N15O16S2. The minimum atomic E-state index is -1.60. The molecule has 6 aromatic rings. The Hall–Kier alpha value is -8.22. The first-order valence-electron chi connectivity index (χ1n) is 43.6. The number of H-pyrrole nitrogens is 1. The van der Waals surface area contributed by atoms with Crippen LogP contribution >= 0.6 is 21.6 Å². The standard InChI is InChI=1S/C89H125N15O16S2/c1-49-24-30-62(41-63-42-68(114-13)57(9)89(117-63)53(5)43-87(11,120-89)70-34-35-86(10,118-70)79-51(3)40-69(116-79)78-50(2)39-52(4)88(113,48-105)119-78)115-77(49)56(8)81(109)92-37-38-121-122-47-55(7)96-83(111)66(98-72(107)31-25-54(6)95-82(110)58-26-28-60(29-27-58)93-44-61-45-94-80-75(97-61)84(112)100-85(90)99-80)22-18-36-91-71(106)32-33-73(108)104-46-59-19-14-15-20-64(59)76-74(101-102-103(76)12)65-21-16-17-23-67(65)104/h14-17,19-21,23,26-29,45,49-57,62-63,66,68-70,77-79,93,105,113H,18,22,24-25,30-44,46-48H2,1-13H3,(H,91,106)(H,92,109)(H,95,110)(H,96,111)(H,98,107)(H3,90,94,99,100,112)/t49-,50-,51-,52+,53+,54+,55+,56+,57+,62+,63+,66?,68+,69+,70?,77?,78+,79+,86-,87+,88-,89+/m0/s1. The molecule has 0 radical (unpaired) electrons. The molecule has 6 amide bonds. The zero-order valence-corrected chi connectivity index (χ0v) is 74.2. The van der Waals surface area contributed by atoms with Crippen molar-refractivity contribution in [3.8, 4) is 22.5 Å². The van der Waals surface area contributed by atoms with Gasteiger partial charge < -0.3 is 85.9 Å². The number of hydrogen-bond donors (Lipinski definition) is 10. The van der Waals surface area contributed by atoms with E-state index in [1.165, 1.54) is 6.20 Å². The van der Waals surface area contributed by atoms with Crippen molar-refractivity contribution in [1.82, 2.24) is 61.5 Å². The topological polar surface area (TPSA) is 411 Å². The van der Waals surface area contributed by atoms with E-state index < -0.39 is 64.8 Å². The van der Waals surface area contributed by atoms with Crippen molar-refractivity contribution in [2.75, 3.05) is 54.3 Å². The Morgan fingerprint density at radius 1 is 0.762 bits per heavy atom. The van der Waals surface area contributed by atoms with Gasteiger partial charge in [-0.2, -0.15) is 4.98 Å². The van der Waals surface area contributed by atoms with Gasteiger partial charge in [0.05, 0.1) is 109 Å². The summed E-state index contributed by atoms with van der Waals surface area (Å²) in [4.78, 5) is 112. The third-order valence-electron chi connectivity index (χ3n) is 26.4. The molecule has 3 aromatic carbocycles. The summed E-state index contributed by atoms with van der Waals surface area (Å²) in [6.45, 7) is 23.4. The number of nitrogens with two attached hydrogens (primary N) is 1. The number of aryl methyl sites for hydroxylation is 1. The van der Waals surface area contributed by atoms with Crippen molar-refractivity contribution < 1.29 is 72.1 Å². The van der Waals surface area contributed by atoms with Gasteiger partial charge in [-0.3, -0.25) is 38.5 Å². The number of ether oxygens (including phenoxy) is 7. The average molecular weight is 1730 g/mol. The molecule has 31 nitrogen and oxygen atoms in total. The van der Waals surface area contributed by atoms with Crippen LogP contribution in [-0.2, 0) is 77.3 Å². The molecule has 0 aliphatic carbocycles. The Kier molecular flexibility index (Phi) is 29.6. The Bertz CT molecular complexity index is 4740. The van der Waals surface area contributed by atoms with E-state index >= 15 is 0 Å². The molecule has 3 aromatic heterocycles. The number of anilines is 3. The zero-order valence-electron chi connectivity index (χ0n) is 72.6. The van der Waals surface area contributed by atoms with Crippen molar-refractivity contribution >= 4 is 85.5 Å². The van der Waals surface area contributed by atoms with E-state index in [9.17, 15) is 43.8 Å². The molecule has 6 saturated heterocycles. The number of carbonyl (C=O) groups excluding carboxylic acids is 6. The molecule has 22 atom stereocenters. The molecule has 13 rings (SSSR count). The Balaban J connectivity index is 0.560. The number of aliphatic hydroxyl groups is 2. The van der Waals surface area contributed by atoms with Crippen LogP contribution in [0.15, 0.2) is 83.8 Å². The number of rotatable bonds is 33. The molecule has 33 heteroatoms. The monoisotopic (exact) mass is 1720 g/mol. The molecular weight excluding hydrogens is 1600 g/mol. The van der Waals surface area contributed by atoms with E-state index in [0.717, 1.165) is 67.3 Å². The number of aromatic amines is 1. The largest absolute Gasteiger partial charge is 0.391 e. The maximum absolute atomic E-state index is 14.2. The van der Waals surface area contributed by atoms with Crippen LogP contribution < -0.4 is 48.1 Å². The van der Waals surface area contributed by atoms with Gasteiger partial charge in [0.15, 0.2) is 22.7 Å². The Morgan fingerprint density at radius 3 is 2.30 bits per heavy atom. The zero-order chi connectivity index (χ0) is 87.1. The fourth-order valence-electron chi connectivity index (χ4n) is 19.6. The lowest BCUT2D eigenvalue weighted by atomic mass is 9.78. The summed E-state index contributed by atoms with van der Waals surface area (Å²) >= 11 is 0. The lowest BCUT2D eigenvalue weighted by Crippen LogP contribution is -2.58. The number of fused-ring (bicyclic) bond motifs is 6. The number of nitrogens with zero attached hydrogens (tertiary/aromatic N) is 7. The van der Waals surface area contributed by atoms with Gasteiger partial charge in [0.25, 0.3) is 11.5 Å². The summed E-state index contributed by atoms with van der Waals surface area (Å²) in [6, 6.07) is 20.4. The molecule has 0 saturated carbocycles. The third-order valence-corrected chi connectivity index (χ3v) is 29.0. The summed E-state index contributed by atoms with van der Waals surface area (Å²) in [5, 5.41) is 48.5. The predicted octanol–water partition coefficient (Wildman–Crippen LogP) is 9.61. The maximum Gasteiger partial charge on any atom is 0.280 e. The van der Waals surface area contributed by atoms with Gasteiger partial charge in [-0.05, 0) is 146 Å². The summed E-state index contributed by atoms with van der Waals surface area (Å²) in [7, 11) is 6.74. The smallest absolute Gasteiger partial charge is 0.280 e. The van der Waals surface area contributed by atoms with Crippen LogP contribution in [0.2, 0.25) is 0 Å². The summed E-state index contributed by atoms with van der Waals surface area (Å²) in [5.41, 5.74) is 10.4. The summed E-state index contributed by atoms with van der Waals surface area (Å²) in [6.07, 6.45) is 7.07. The molecule has 6 fully saturated rings. The number of methoxy groups -OCH3 is 1. The van der Waals surface area contributed by atoms with E-state index in [0.29, 0.717) is 65.6 Å². The molecule has 0 bridgehead atoms. The second-order valence-electron chi connectivity index (χ2n) is 35.9. The van der Waals surface area contributed by atoms with Gasteiger partial charge in [-0.1, -0.05) is 118 Å². The van der Waals surface area contributed by atoms with Crippen molar-refractivity contribution in [2.45, 2.75) is 275 Å². The van der Waals surface area contributed by atoms with Crippen LogP contribution in [0.5, 0.6) is 0 Å². The highest BCUT2D eigenvalue weighted by atomic mass is 33.1. The molecule has 10 heterocycles. The second kappa shape index (κ2) is 39.5. The molecule has 664 valence electrons. The highest BCUT2D eigenvalue weighted by molar-refractivity contribution is 8.76. The highest BCUT2D eigenvalue weighted by Gasteiger charge is 2.65. The number of nitrogens with one attached hydrogen (secondary N) is 7. The first kappa shape index (κ1) is 91.5. The minimum absolute atomic E-state index is 0.0109. The molecule has 7 aliphatic heterocycles. The molecule has 7 aliphatic rings. The van der Waals surface area contributed by atoms with Crippen molar-refractivity contribution in [3.63, 3.8) is 0 Å². The number of benzene rings is 3. The number of carbonyl (C=O) groups is 6. The lowest BCUT2D eigenvalue weighted by Gasteiger charge is -2.50. The number of amides is 6. The van der Waals surface area contributed by atoms with Crippen molar-refractivity contribution in [2.24, 2.45) is 48.5 Å². The fraction of sp³-hybridized carbons (Fsp3) is 0.640. The number of aliphatic hydroxyl groups excluding tert-OH is 1. The molecule has 11 N–H and O–H groups in total. The van der Waals surface area contributed by atoms with Gasteiger partial charge in [0.1, 0.15) is 11.7 Å². The Labute approximate surface area is 722 Å². The van der Waals surface area contributed by atoms with E-state index in [4.69, 9.17) is 38.9 Å². The normalized spacial score (nSPS) is 30.4. The third kappa shape index (κ3) is 20.8. The van der Waals surface area contributed by atoms with Crippen LogP contribution in [0, 0.1) is 41.4 Å². The molecule has 1 spiro atoms. The lowest BCUT2D eigenvalue weighted by molar-refractivity contribution is -0.353. The van der Waals surface area contributed by atoms with Gasteiger partial charge in [-0.15, -0.1) is 5.10 Å². The van der Waals surface area contributed by atoms with Crippen LogP contribution in [0.4, 0.5) is 17.3 Å². The van der Waals surface area contributed by atoms with Crippen molar-refractivity contribution in [3.05, 3.63) is 106 Å². The fourth-order valence-corrected chi connectivity index (χ4v) is 21.8. The van der Waals surface area contributed by atoms with Crippen LogP contribution in [0.3, 0.4) is 0 Å². The number of nitrogen functional groups attached to an aromatic ring is 1. The van der Waals surface area contributed by atoms with E-state index in [2.05, 4.69) is 111 Å². The van der Waals surface area contributed by atoms with Crippen LogP contribution in [0.1, 0.15) is 194 Å². The van der Waals surface area contributed by atoms with E-state index in [1.54, 1.807) is 69.5 Å². The number of hydrogen-bond acceptors (Lipinski definition) is 25. The molecule has 3 unspecified atom stereocenters. The van der Waals surface area contributed by atoms with E-state index in [1.807, 2.05) is 76.3 Å². The number of para-hydroxylation sites is 1. The first-order chi connectivity index (χ1) is 58.3. The average Bonchev–Trinajstić information content (AvgIpc) is 1.56. The van der Waals surface area contributed by atoms with Crippen LogP contribution in [-0.4, -0.2) is 209 Å².